The van der Waals surface area contributed by atoms with E-state index in [1.54, 1.807) is 14.2 Å². The summed E-state index contributed by atoms with van der Waals surface area (Å²) in [5, 5.41) is 7.60. The van der Waals surface area contributed by atoms with Gasteiger partial charge in [-0.05, 0) is 60.7 Å². The van der Waals surface area contributed by atoms with Crippen LogP contribution in [0.25, 0.3) is 11.3 Å². The second-order valence-corrected chi connectivity index (χ2v) is 9.64. The van der Waals surface area contributed by atoms with Crippen molar-refractivity contribution in [3.63, 3.8) is 0 Å². The van der Waals surface area contributed by atoms with Gasteiger partial charge in [-0.15, -0.1) is 0 Å². The highest BCUT2D eigenvalue weighted by molar-refractivity contribution is 6.00. The zero-order chi connectivity index (χ0) is 25.7. The Kier molecular flexibility index (Phi) is 8.18. The van der Waals surface area contributed by atoms with Gasteiger partial charge in [0.25, 0.3) is 5.91 Å². The highest BCUT2D eigenvalue weighted by Gasteiger charge is 2.42. The Bertz CT molecular complexity index is 1170. The Morgan fingerprint density at radius 1 is 1.03 bits per heavy atom. The van der Waals surface area contributed by atoms with Crippen LogP contribution in [-0.4, -0.2) is 48.4 Å². The molecular weight excluding hydrogens is 454 g/mol. The summed E-state index contributed by atoms with van der Waals surface area (Å²) < 4.78 is 17.0. The predicted molar refractivity (Wildman–Crippen MR) is 141 cm³/mol. The average molecular weight is 492 g/mol. The lowest BCUT2D eigenvalue weighted by Gasteiger charge is -2.27. The van der Waals surface area contributed by atoms with Crippen LogP contribution in [0.5, 0.6) is 17.2 Å². The number of amides is 1. The molecule has 36 heavy (non-hydrogen) atoms. The van der Waals surface area contributed by atoms with Gasteiger partial charge in [0.2, 0.25) is 0 Å². The van der Waals surface area contributed by atoms with E-state index in [4.69, 9.17) is 14.2 Å². The number of H-pyrrole nitrogens is 1. The Balaban J connectivity index is 1.74. The molecule has 0 aliphatic carbocycles. The van der Waals surface area contributed by atoms with E-state index < -0.39 is 0 Å². The first kappa shape index (κ1) is 25.6. The van der Waals surface area contributed by atoms with E-state index in [1.807, 2.05) is 47.4 Å². The maximum Gasteiger partial charge on any atom is 0.273 e. The fraction of sp³-hybridized carbons (Fsp3) is 0.448. The van der Waals surface area contributed by atoms with Crippen molar-refractivity contribution in [1.82, 2.24) is 15.1 Å². The second kappa shape index (κ2) is 11.5. The number of aromatic amines is 1. The maximum atomic E-state index is 13.5. The summed E-state index contributed by atoms with van der Waals surface area (Å²) in [5.41, 5.74) is 4.14. The number of ether oxygens (including phenoxy) is 3. The first-order valence-corrected chi connectivity index (χ1v) is 12.8. The summed E-state index contributed by atoms with van der Waals surface area (Å²) in [5.74, 6) is 2.70. The van der Waals surface area contributed by atoms with Crippen molar-refractivity contribution in [2.75, 3.05) is 27.4 Å². The van der Waals surface area contributed by atoms with Crippen LogP contribution in [0, 0.1) is 5.92 Å². The number of hydrogen-bond donors (Lipinski definition) is 1. The number of nitrogens with one attached hydrogen (secondary N) is 1. The van der Waals surface area contributed by atoms with Crippen LogP contribution in [0.2, 0.25) is 0 Å². The van der Waals surface area contributed by atoms with E-state index in [-0.39, 0.29) is 11.9 Å². The van der Waals surface area contributed by atoms with E-state index in [0.717, 1.165) is 53.8 Å². The fourth-order valence-electron chi connectivity index (χ4n) is 4.65. The molecule has 0 saturated carbocycles. The fourth-order valence-corrected chi connectivity index (χ4v) is 4.65. The average Bonchev–Trinajstić information content (AvgIpc) is 3.43. The number of unbranched alkanes of at least 4 members (excludes halogenated alkanes) is 2. The predicted octanol–water partition coefficient (Wildman–Crippen LogP) is 6.25. The van der Waals surface area contributed by atoms with Crippen LogP contribution >= 0.6 is 0 Å². The van der Waals surface area contributed by atoms with Crippen molar-refractivity contribution >= 4 is 5.91 Å². The molecule has 7 heteroatoms. The topological polar surface area (TPSA) is 76.7 Å². The summed E-state index contributed by atoms with van der Waals surface area (Å²) in [7, 11) is 3.30. The van der Waals surface area contributed by atoms with Gasteiger partial charge in [0.15, 0.2) is 11.5 Å². The van der Waals surface area contributed by atoms with Crippen LogP contribution in [0.3, 0.4) is 0 Å². The molecule has 0 radical (unpaired) electrons. The molecule has 192 valence electrons. The quantitative estimate of drug-likeness (QED) is 0.303. The van der Waals surface area contributed by atoms with E-state index in [0.29, 0.717) is 36.3 Å². The molecule has 1 amide bonds. The Hall–Kier alpha value is -3.48. The van der Waals surface area contributed by atoms with Gasteiger partial charge in [-0.1, -0.05) is 39.7 Å². The van der Waals surface area contributed by atoms with Crippen LogP contribution in [-0.2, 0) is 0 Å². The third-order valence-corrected chi connectivity index (χ3v) is 6.69. The van der Waals surface area contributed by atoms with E-state index in [9.17, 15) is 4.79 Å². The number of fused-ring (bicyclic) bond motifs is 1. The molecule has 1 aliphatic heterocycles. The van der Waals surface area contributed by atoms with Crippen molar-refractivity contribution in [2.24, 2.45) is 5.92 Å². The normalized spacial score (nSPS) is 14.9. The van der Waals surface area contributed by atoms with Crippen molar-refractivity contribution in [3.8, 4) is 28.5 Å². The molecule has 0 spiro atoms. The largest absolute Gasteiger partial charge is 0.497 e. The van der Waals surface area contributed by atoms with Gasteiger partial charge in [0.1, 0.15) is 11.4 Å². The molecule has 3 aromatic rings. The van der Waals surface area contributed by atoms with Gasteiger partial charge in [0.05, 0.1) is 32.6 Å². The number of aromatic nitrogens is 2. The molecular formula is C29H37N3O4. The molecule has 7 nitrogen and oxygen atoms in total. The molecule has 0 fully saturated rings. The maximum absolute atomic E-state index is 13.5. The monoisotopic (exact) mass is 491 g/mol. The molecule has 0 saturated heterocycles. The number of nitrogens with zero attached hydrogens (tertiary/aromatic N) is 2. The number of rotatable bonds is 12. The highest BCUT2D eigenvalue weighted by atomic mass is 16.5. The van der Waals surface area contributed by atoms with Crippen LogP contribution < -0.4 is 14.2 Å². The third-order valence-electron chi connectivity index (χ3n) is 6.69. The first-order valence-electron chi connectivity index (χ1n) is 12.8. The minimum Gasteiger partial charge on any atom is -0.497 e. The minimum atomic E-state index is -0.265. The number of methoxy groups -OCH3 is 2. The standard InChI is InChI=1S/C29H37N3O4/c1-6-7-8-16-32-28(21-11-14-23(24(18-21)35-5)36-17-15-19(2)3)25-26(30-31-27(25)29(32)33)20-9-12-22(34-4)13-10-20/h9-14,18-19,28H,6-8,15-17H2,1-5H3,(H,30,31). The molecule has 2 heterocycles. The van der Waals surface area contributed by atoms with E-state index in [2.05, 4.69) is 31.0 Å². The lowest BCUT2D eigenvalue weighted by atomic mass is 9.95. The summed E-state index contributed by atoms with van der Waals surface area (Å²) in [6.07, 6.45) is 4.07. The zero-order valence-corrected chi connectivity index (χ0v) is 22.0. The summed E-state index contributed by atoms with van der Waals surface area (Å²) in [4.78, 5) is 15.5. The Morgan fingerprint density at radius 2 is 1.81 bits per heavy atom. The Morgan fingerprint density at radius 3 is 2.47 bits per heavy atom. The summed E-state index contributed by atoms with van der Waals surface area (Å²) in [6, 6.07) is 13.5. The number of carbonyl (C=O) groups excluding carboxylic acids is 1. The zero-order valence-electron chi connectivity index (χ0n) is 22.0. The molecule has 2 aromatic carbocycles. The molecule has 1 N–H and O–H groups in total. The number of hydrogen-bond acceptors (Lipinski definition) is 5. The second-order valence-electron chi connectivity index (χ2n) is 9.64. The number of carbonyl (C=O) groups is 1. The van der Waals surface area contributed by atoms with Crippen molar-refractivity contribution in [3.05, 3.63) is 59.3 Å². The Labute approximate surface area is 213 Å². The highest BCUT2D eigenvalue weighted by Crippen LogP contribution is 2.44. The first-order chi connectivity index (χ1) is 17.5. The van der Waals surface area contributed by atoms with Crippen LogP contribution in [0.1, 0.15) is 74.1 Å². The molecule has 1 aliphatic rings. The van der Waals surface area contributed by atoms with Crippen molar-refractivity contribution in [2.45, 2.75) is 52.5 Å². The molecule has 1 aromatic heterocycles. The SMILES string of the molecule is CCCCCN1C(=O)c2[nH]nc(-c3ccc(OC)cc3)c2C1c1ccc(OCCC(C)C)c(OC)c1. The van der Waals surface area contributed by atoms with Gasteiger partial charge in [-0.25, -0.2) is 0 Å². The van der Waals surface area contributed by atoms with Crippen molar-refractivity contribution < 1.29 is 19.0 Å². The lowest BCUT2D eigenvalue weighted by Crippen LogP contribution is -2.30. The van der Waals surface area contributed by atoms with Crippen LogP contribution in [0.4, 0.5) is 0 Å². The van der Waals surface area contributed by atoms with Gasteiger partial charge >= 0.3 is 0 Å². The lowest BCUT2D eigenvalue weighted by molar-refractivity contribution is 0.0740. The van der Waals surface area contributed by atoms with Gasteiger partial charge in [-0.2, -0.15) is 5.10 Å². The third kappa shape index (κ3) is 5.20. The van der Waals surface area contributed by atoms with Crippen molar-refractivity contribution in [1.29, 1.82) is 0 Å². The molecule has 1 unspecified atom stereocenters. The minimum absolute atomic E-state index is 0.0189. The molecule has 1 atom stereocenters. The molecule has 4 rings (SSSR count). The van der Waals surface area contributed by atoms with E-state index >= 15 is 0 Å². The number of benzene rings is 2. The summed E-state index contributed by atoms with van der Waals surface area (Å²) >= 11 is 0. The smallest absolute Gasteiger partial charge is 0.273 e. The van der Waals surface area contributed by atoms with Crippen LogP contribution in [0.15, 0.2) is 42.5 Å². The van der Waals surface area contributed by atoms with E-state index in [1.165, 1.54) is 0 Å². The van der Waals surface area contributed by atoms with Gasteiger partial charge in [-0.3, -0.25) is 9.89 Å². The molecule has 0 bridgehead atoms. The van der Waals surface area contributed by atoms with Gasteiger partial charge in [0, 0.05) is 17.7 Å². The summed E-state index contributed by atoms with van der Waals surface area (Å²) in [6.45, 7) is 7.83. The van der Waals surface area contributed by atoms with Gasteiger partial charge < -0.3 is 19.1 Å².